The van der Waals surface area contributed by atoms with Gasteiger partial charge in [0.15, 0.2) is 11.6 Å². The number of rotatable bonds is 48. The van der Waals surface area contributed by atoms with Gasteiger partial charge in [0.25, 0.3) is 0 Å². The molecule has 0 aliphatic heterocycles. The number of aliphatic hydroxyl groups is 2. The lowest BCUT2D eigenvalue weighted by Gasteiger charge is -2.30. The molecule has 0 spiro atoms. The van der Waals surface area contributed by atoms with E-state index in [9.17, 15) is 24.6 Å². The molecule has 6 nitrogen and oxygen atoms in total. The van der Waals surface area contributed by atoms with Crippen LogP contribution in [0, 0.1) is 0 Å². The molecule has 0 aromatic heterocycles. The first-order valence-electron chi connectivity index (χ1n) is 26.1. The lowest BCUT2D eigenvalue weighted by molar-refractivity contribution is -0.172. The van der Waals surface area contributed by atoms with Crippen molar-refractivity contribution in [3.8, 4) is 0 Å². The van der Waals surface area contributed by atoms with Gasteiger partial charge in [-0.2, -0.15) is 0 Å². The molecule has 0 aromatic rings. The zero-order valence-electron chi connectivity index (χ0n) is 39.7. The standard InChI is InChI=1S/C53H100O6/c1-4-7-10-13-16-19-22-25-26-29-32-35-38-41-44-47-52(57)59-48-51(56)53(58,49(54)45-42-39-36-33-30-27-23-20-17-14-11-8-5-2)50(55)46-43-40-37-34-31-28-24-21-18-15-12-9-6-3/h25-26,51,56,58H,4-24,27-48H2,1-3H3/b26-25-. The summed E-state index contributed by atoms with van der Waals surface area (Å²) in [6, 6.07) is 0. The Morgan fingerprint density at radius 1 is 0.407 bits per heavy atom. The molecule has 0 fully saturated rings. The highest BCUT2D eigenvalue weighted by atomic mass is 16.5. The van der Waals surface area contributed by atoms with Gasteiger partial charge in [0.2, 0.25) is 5.60 Å². The molecule has 2 N–H and O–H groups in total. The molecule has 0 rings (SSSR count). The van der Waals surface area contributed by atoms with Crippen molar-refractivity contribution < 1.29 is 29.3 Å². The minimum Gasteiger partial charge on any atom is -0.463 e. The Morgan fingerprint density at radius 3 is 0.966 bits per heavy atom. The summed E-state index contributed by atoms with van der Waals surface area (Å²) in [5.74, 6) is -1.74. The molecule has 59 heavy (non-hydrogen) atoms. The van der Waals surface area contributed by atoms with Crippen LogP contribution in [0.4, 0.5) is 0 Å². The highest BCUT2D eigenvalue weighted by Crippen LogP contribution is 2.24. The number of carbonyl (C=O) groups is 3. The van der Waals surface area contributed by atoms with Crippen molar-refractivity contribution in [2.45, 2.75) is 302 Å². The number of hydrogen-bond acceptors (Lipinski definition) is 6. The number of carbonyl (C=O) groups excluding carboxylic acids is 3. The number of ketones is 2. The summed E-state index contributed by atoms with van der Waals surface area (Å²) < 4.78 is 5.35. The van der Waals surface area contributed by atoms with E-state index in [-0.39, 0.29) is 19.3 Å². The molecule has 6 heteroatoms. The summed E-state index contributed by atoms with van der Waals surface area (Å²) in [6.07, 6.45) is 49.1. The van der Waals surface area contributed by atoms with E-state index in [0.717, 1.165) is 70.6 Å². The van der Waals surface area contributed by atoms with E-state index in [1.54, 1.807) is 0 Å². The van der Waals surface area contributed by atoms with Gasteiger partial charge in [-0.25, -0.2) is 0 Å². The van der Waals surface area contributed by atoms with Gasteiger partial charge in [0, 0.05) is 19.3 Å². The van der Waals surface area contributed by atoms with Crippen molar-refractivity contribution in [3.05, 3.63) is 12.2 Å². The van der Waals surface area contributed by atoms with Crippen LogP contribution < -0.4 is 0 Å². The third kappa shape index (κ3) is 35.7. The van der Waals surface area contributed by atoms with Crippen molar-refractivity contribution in [3.63, 3.8) is 0 Å². The minimum atomic E-state index is -2.53. The summed E-state index contributed by atoms with van der Waals surface area (Å²) in [5, 5.41) is 22.7. The highest BCUT2D eigenvalue weighted by molar-refractivity contribution is 6.10. The summed E-state index contributed by atoms with van der Waals surface area (Å²) in [4.78, 5) is 39.5. The highest BCUT2D eigenvalue weighted by Gasteiger charge is 2.49. The number of unbranched alkanes of at least 4 members (excludes halogenated alkanes) is 35. The Morgan fingerprint density at radius 2 is 0.661 bits per heavy atom. The molecule has 0 amide bonds. The quantitative estimate of drug-likeness (QED) is 0.0274. The monoisotopic (exact) mass is 833 g/mol. The molecule has 1 unspecified atom stereocenters. The SMILES string of the molecule is CCCCCCCC/C=C\CCCCCCCC(=O)OCC(O)C(O)(C(=O)CCCCCCCCCCCCCCC)C(=O)CCCCCCCCCCCCCCC. The predicted molar refractivity (Wildman–Crippen MR) is 252 cm³/mol. The first kappa shape index (κ1) is 57.5. The van der Waals surface area contributed by atoms with Gasteiger partial charge in [-0.05, 0) is 44.9 Å². The molecule has 0 heterocycles. The predicted octanol–water partition coefficient (Wildman–Crippen LogP) is 15.8. The van der Waals surface area contributed by atoms with E-state index in [1.165, 1.54) is 161 Å². The summed E-state index contributed by atoms with van der Waals surface area (Å²) >= 11 is 0. The van der Waals surface area contributed by atoms with Crippen LogP contribution in [0.1, 0.15) is 290 Å². The molecule has 0 bridgehead atoms. The molecule has 0 saturated heterocycles. The fraction of sp³-hybridized carbons (Fsp3) is 0.906. The van der Waals surface area contributed by atoms with E-state index >= 15 is 0 Å². The lowest BCUT2D eigenvalue weighted by atomic mass is 9.82. The van der Waals surface area contributed by atoms with Crippen LogP contribution in [-0.4, -0.2) is 46.1 Å². The largest absolute Gasteiger partial charge is 0.463 e. The van der Waals surface area contributed by atoms with Crippen molar-refractivity contribution in [2.24, 2.45) is 0 Å². The van der Waals surface area contributed by atoms with E-state index in [4.69, 9.17) is 4.74 Å². The minimum absolute atomic E-state index is 0.0402. The molecule has 0 aliphatic carbocycles. The normalized spacial score (nSPS) is 12.4. The Labute approximate surface area is 366 Å². The first-order valence-corrected chi connectivity index (χ1v) is 26.1. The molecule has 0 aliphatic rings. The maximum atomic E-state index is 13.5. The third-order valence-corrected chi connectivity index (χ3v) is 12.4. The van der Waals surface area contributed by atoms with Gasteiger partial charge in [0.05, 0.1) is 0 Å². The van der Waals surface area contributed by atoms with Crippen LogP contribution >= 0.6 is 0 Å². The smallest absolute Gasteiger partial charge is 0.305 e. The van der Waals surface area contributed by atoms with Crippen molar-refractivity contribution >= 4 is 17.5 Å². The molecule has 348 valence electrons. The van der Waals surface area contributed by atoms with Crippen LogP contribution in [-0.2, 0) is 19.1 Å². The molecule has 0 saturated carbocycles. The van der Waals surface area contributed by atoms with Gasteiger partial charge < -0.3 is 14.9 Å². The van der Waals surface area contributed by atoms with E-state index in [0.29, 0.717) is 19.3 Å². The zero-order valence-corrected chi connectivity index (χ0v) is 39.7. The number of aliphatic hydroxyl groups excluding tert-OH is 1. The average Bonchev–Trinajstić information content (AvgIpc) is 3.24. The van der Waals surface area contributed by atoms with E-state index < -0.39 is 35.8 Å². The Balaban J connectivity index is 4.61. The van der Waals surface area contributed by atoms with Crippen LogP contribution in [0.5, 0.6) is 0 Å². The fourth-order valence-electron chi connectivity index (χ4n) is 8.22. The van der Waals surface area contributed by atoms with Crippen LogP contribution in [0.25, 0.3) is 0 Å². The maximum Gasteiger partial charge on any atom is 0.305 e. The second kappa shape index (κ2) is 44.5. The third-order valence-electron chi connectivity index (χ3n) is 12.4. The van der Waals surface area contributed by atoms with E-state index in [2.05, 4.69) is 32.9 Å². The topological polar surface area (TPSA) is 101 Å². The van der Waals surface area contributed by atoms with Gasteiger partial charge >= 0.3 is 5.97 Å². The summed E-state index contributed by atoms with van der Waals surface area (Å²) in [6.45, 7) is 6.21. The number of allylic oxidation sites excluding steroid dienone is 2. The number of ether oxygens (including phenoxy) is 1. The lowest BCUT2D eigenvalue weighted by Crippen LogP contribution is -2.57. The van der Waals surface area contributed by atoms with Gasteiger partial charge in [-0.3, -0.25) is 14.4 Å². The second-order valence-electron chi connectivity index (χ2n) is 18.1. The fourth-order valence-corrected chi connectivity index (χ4v) is 8.22. The van der Waals surface area contributed by atoms with Gasteiger partial charge in [0.1, 0.15) is 12.7 Å². The number of Topliss-reactive ketones (excluding diaryl/α,β-unsaturated/α-hetero) is 2. The van der Waals surface area contributed by atoms with Gasteiger partial charge in [-0.1, -0.05) is 238 Å². The Kier molecular flexibility index (Phi) is 43.4. The second-order valence-corrected chi connectivity index (χ2v) is 18.1. The molecular weight excluding hydrogens is 733 g/mol. The molecule has 0 aromatic carbocycles. The van der Waals surface area contributed by atoms with Crippen LogP contribution in [0.3, 0.4) is 0 Å². The first-order chi connectivity index (χ1) is 28.8. The van der Waals surface area contributed by atoms with Crippen molar-refractivity contribution in [1.82, 2.24) is 0 Å². The molecule has 0 radical (unpaired) electrons. The summed E-state index contributed by atoms with van der Waals surface area (Å²) in [5.41, 5.74) is -2.53. The number of esters is 1. The Hall–Kier alpha value is -1.53. The zero-order chi connectivity index (χ0) is 43.3. The summed E-state index contributed by atoms with van der Waals surface area (Å²) in [7, 11) is 0. The average molecular weight is 833 g/mol. The van der Waals surface area contributed by atoms with Crippen LogP contribution in [0.15, 0.2) is 12.2 Å². The molecular formula is C53H100O6. The van der Waals surface area contributed by atoms with Crippen molar-refractivity contribution in [1.29, 1.82) is 0 Å². The van der Waals surface area contributed by atoms with Crippen molar-refractivity contribution in [2.75, 3.05) is 6.61 Å². The molecule has 1 atom stereocenters. The number of hydrogen-bond donors (Lipinski definition) is 2. The van der Waals surface area contributed by atoms with E-state index in [1.807, 2.05) is 0 Å². The maximum absolute atomic E-state index is 13.5. The van der Waals surface area contributed by atoms with Gasteiger partial charge in [-0.15, -0.1) is 0 Å². The van der Waals surface area contributed by atoms with Crippen LogP contribution in [0.2, 0.25) is 0 Å². The Bertz CT molecular complexity index is 918.